The number of aromatic nitrogens is 3. The van der Waals surface area contributed by atoms with Crippen molar-refractivity contribution in [1.29, 1.82) is 0 Å². The summed E-state index contributed by atoms with van der Waals surface area (Å²) in [5.74, 6) is 1.59. The number of rotatable bonds is 6. The van der Waals surface area contributed by atoms with Gasteiger partial charge in [-0.2, -0.15) is 0 Å². The number of morpholine rings is 1. The number of imidazole rings is 1. The molecule has 2 aromatic heterocycles. The first-order chi connectivity index (χ1) is 13.3. The van der Waals surface area contributed by atoms with Crippen LogP contribution in [-0.2, 0) is 11.2 Å². The minimum absolute atomic E-state index is 0.0887. The number of ether oxygens (including phenoxy) is 1. The van der Waals surface area contributed by atoms with Crippen LogP contribution in [0, 0.1) is 0 Å². The van der Waals surface area contributed by atoms with E-state index in [2.05, 4.69) is 25.2 Å². The van der Waals surface area contributed by atoms with Crippen LogP contribution < -0.4 is 10.2 Å². The molecule has 0 aliphatic carbocycles. The molecule has 0 saturated carbocycles. The number of para-hydroxylation sites is 2. The average molecular weight is 365 g/mol. The number of anilines is 1. The lowest BCUT2D eigenvalue weighted by Crippen LogP contribution is -2.38. The Morgan fingerprint density at radius 2 is 2.04 bits per heavy atom. The second kappa shape index (κ2) is 8.18. The minimum Gasteiger partial charge on any atom is -0.378 e. The zero-order chi connectivity index (χ0) is 18.5. The fraction of sp³-hybridized carbons (Fsp3) is 0.350. The molecule has 1 fully saturated rings. The molecule has 7 heteroatoms. The third kappa shape index (κ3) is 4.09. The second-order valence-electron chi connectivity index (χ2n) is 6.53. The third-order valence-electron chi connectivity index (χ3n) is 4.66. The smallest absolute Gasteiger partial charge is 0.255 e. The molecule has 1 aliphatic rings. The van der Waals surface area contributed by atoms with Crippen LogP contribution in [0.4, 0.5) is 5.82 Å². The van der Waals surface area contributed by atoms with Gasteiger partial charge in [-0.15, -0.1) is 0 Å². The maximum absolute atomic E-state index is 12.6. The number of benzene rings is 1. The van der Waals surface area contributed by atoms with Gasteiger partial charge in [0, 0.05) is 32.3 Å². The molecule has 0 unspecified atom stereocenters. The summed E-state index contributed by atoms with van der Waals surface area (Å²) >= 11 is 0. The van der Waals surface area contributed by atoms with Crippen LogP contribution in [0.3, 0.4) is 0 Å². The summed E-state index contributed by atoms with van der Waals surface area (Å²) in [4.78, 5) is 27.0. The van der Waals surface area contributed by atoms with Crippen molar-refractivity contribution in [3.8, 4) is 0 Å². The van der Waals surface area contributed by atoms with Gasteiger partial charge in [0.15, 0.2) is 0 Å². The van der Waals surface area contributed by atoms with Crippen LogP contribution in [0.5, 0.6) is 0 Å². The summed E-state index contributed by atoms with van der Waals surface area (Å²) in [7, 11) is 0. The number of amides is 1. The van der Waals surface area contributed by atoms with Crippen LogP contribution in [0.1, 0.15) is 22.6 Å². The fourth-order valence-corrected chi connectivity index (χ4v) is 3.28. The van der Waals surface area contributed by atoms with Crippen LogP contribution >= 0.6 is 0 Å². The van der Waals surface area contributed by atoms with E-state index in [1.54, 1.807) is 12.3 Å². The van der Waals surface area contributed by atoms with E-state index in [-0.39, 0.29) is 5.91 Å². The summed E-state index contributed by atoms with van der Waals surface area (Å²) < 4.78 is 5.39. The van der Waals surface area contributed by atoms with Gasteiger partial charge in [-0.05, 0) is 30.7 Å². The van der Waals surface area contributed by atoms with E-state index in [1.165, 1.54) is 0 Å². The molecule has 0 atom stereocenters. The number of aromatic amines is 1. The van der Waals surface area contributed by atoms with Crippen molar-refractivity contribution in [3.05, 3.63) is 54.0 Å². The van der Waals surface area contributed by atoms with Gasteiger partial charge >= 0.3 is 0 Å². The zero-order valence-electron chi connectivity index (χ0n) is 15.1. The number of hydrogen-bond acceptors (Lipinski definition) is 5. The SMILES string of the molecule is O=C(NCCCc1nc2ccccc2[nH]1)c1cccnc1N1CCOCC1. The van der Waals surface area contributed by atoms with E-state index in [0.29, 0.717) is 25.3 Å². The first kappa shape index (κ1) is 17.5. The lowest BCUT2D eigenvalue weighted by molar-refractivity contribution is 0.0951. The fourth-order valence-electron chi connectivity index (χ4n) is 3.28. The average Bonchev–Trinajstić information content (AvgIpc) is 3.14. The lowest BCUT2D eigenvalue weighted by atomic mass is 10.2. The number of nitrogens with one attached hydrogen (secondary N) is 2. The molecule has 0 bridgehead atoms. The first-order valence-electron chi connectivity index (χ1n) is 9.31. The second-order valence-corrected chi connectivity index (χ2v) is 6.53. The Morgan fingerprint density at radius 1 is 1.19 bits per heavy atom. The topological polar surface area (TPSA) is 83.1 Å². The highest BCUT2D eigenvalue weighted by atomic mass is 16.5. The molecule has 1 amide bonds. The van der Waals surface area contributed by atoms with Crippen molar-refractivity contribution in [3.63, 3.8) is 0 Å². The van der Waals surface area contributed by atoms with Crippen molar-refractivity contribution < 1.29 is 9.53 Å². The van der Waals surface area contributed by atoms with Gasteiger partial charge in [0.1, 0.15) is 11.6 Å². The summed E-state index contributed by atoms with van der Waals surface area (Å²) in [5.41, 5.74) is 2.63. The normalized spacial score (nSPS) is 14.4. The Labute approximate surface area is 157 Å². The Kier molecular flexibility index (Phi) is 5.29. The zero-order valence-corrected chi connectivity index (χ0v) is 15.1. The van der Waals surface area contributed by atoms with E-state index in [4.69, 9.17) is 4.74 Å². The van der Waals surface area contributed by atoms with Crippen LogP contribution in [-0.4, -0.2) is 53.7 Å². The number of hydrogen-bond donors (Lipinski definition) is 2. The molecular formula is C20H23N5O2. The quantitative estimate of drug-likeness (QED) is 0.654. The number of nitrogens with zero attached hydrogens (tertiary/aromatic N) is 3. The summed E-state index contributed by atoms with van der Waals surface area (Å²) in [6, 6.07) is 11.6. The molecular weight excluding hydrogens is 342 g/mol. The van der Waals surface area contributed by atoms with Gasteiger partial charge < -0.3 is 19.9 Å². The molecule has 3 heterocycles. The molecule has 1 aromatic carbocycles. The predicted molar refractivity (Wildman–Crippen MR) is 104 cm³/mol. The Morgan fingerprint density at radius 3 is 2.89 bits per heavy atom. The summed E-state index contributed by atoms with van der Waals surface area (Å²) in [6.07, 6.45) is 3.33. The van der Waals surface area contributed by atoms with Crippen molar-refractivity contribution in [2.45, 2.75) is 12.8 Å². The number of fused-ring (bicyclic) bond motifs is 1. The van der Waals surface area contributed by atoms with Crippen LogP contribution in [0.2, 0.25) is 0 Å². The van der Waals surface area contributed by atoms with Gasteiger partial charge in [0.25, 0.3) is 5.91 Å². The van der Waals surface area contributed by atoms with Crippen LogP contribution in [0.25, 0.3) is 11.0 Å². The summed E-state index contributed by atoms with van der Waals surface area (Å²) in [5, 5.41) is 3.00. The Balaban J connectivity index is 1.33. The van der Waals surface area contributed by atoms with E-state index in [9.17, 15) is 4.79 Å². The number of carbonyl (C=O) groups is 1. The molecule has 7 nitrogen and oxygen atoms in total. The minimum atomic E-state index is -0.0887. The van der Waals surface area contributed by atoms with E-state index < -0.39 is 0 Å². The number of aryl methyl sites for hydroxylation is 1. The molecule has 2 N–H and O–H groups in total. The summed E-state index contributed by atoms with van der Waals surface area (Å²) in [6.45, 7) is 3.42. The monoisotopic (exact) mass is 365 g/mol. The molecule has 4 rings (SSSR count). The van der Waals surface area contributed by atoms with Crippen molar-refractivity contribution in [2.75, 3.05) is 37.7 Å². The molecule has 140 valence electrons. The molecule has 1 aliphatic heterocycles. The highest BCUT2D eigenvalue weighted by molar-refractivity contribution is 5.98. The van der Waals surface area contributed by atoms with Gasteiger partial charge in [0.2, 0.25) is 0 Å². The largest absolute Gasteiger partial charge is 0.378 e. The third-order valence-corrected chi connectivity index (χ3v) is 4.66. The standard InChI is InChI=1S/C20H23N5O2/c26-20(15-5-3-9-21-19(15)25-11-13-27-14-12-25)22-10-4-8-18-23-16-6-1-2-7-17(16)24-18/h1-3,5-7,9H,4,8,10-14H2,(H,22,26)(H,23,24). The highest BCUT2D eigenvalue weighted by Gasteiger charge is 2.19. The number of H-pyrrole nitrogens is 1. The maximum atomic E-state index is 12.6. The number of carbonyl (C=O) groups excluding carboxylic acids is 1. The van der Waals surface area contributed by atoms with E-state index >= 15 is 0 Å². The Hall–Kier alpha value is -2.93. The molecule has 0 radical (unpaired) electrons. The van der Waals surface area contributed by atoms with E-state index in [0.717, 1.165) is 48.6 Å². The van der Waals surface area contributed by atoms with Gasteiger partial charge in [0.05, 0.1) is 29.8 Å². The maximum Gasteiger partial charge on any atom is 0.255 e. The van der Waals surface area contributed by atoms with E-state index in [1.807, 2.05) is 30.3 Å². The Bertz CT molecular complexity index is 884. The number of pyridine rings is 1. The van der Waals surface area contributed by atoms with Gasteiger partial charge in [-0.1, -0.05) is 12.1 Å². The van der Waals surface area contributed by atoms with Gasteiger partial charge in [-0.3, -0.25) is 4.79 Å². The van der Waals surface area contributed by atoms with Crippen molar-refractivity contribution >= 4 is 22.8 Å². The predicted octanol–water partition coefficient (Wildman–Crippen LogP) is 2.16. The van der Waals surface area contributed by atoms with Crippen molar-refractivity contribution in [1.82, 2.24) is 20.3 Å². The molecule has 27 heavy (non-hydrogen) atoms. The van der Waals surface area contributed by atoms with Crippen LogP contribution in [0.15, 0.2) is 42.6 Å². The first-order valence-corrected chi connectivity index (χ1v) is 9.31. The van der Waals surface area contributed by atoms with Gasteiger partial charge in [-0.25, -0.2) is 9.97 Å². The van der Waals surface area contributed by atoms with Crippen molar-refractivity contribution in [2.24, 2.45) is 0 Å². The molecule has 0 spiro atoms. The lowest BCUT2D eigenvalue weighted by Gasteiger charge is -2.29. The highest BCUT2D eigenvalue weighted by Crippen LogP contribution is 2.18. The molecule has 3 aromatic rings. The molecule has 1 saturated heterocycles.